The van der Waals surface area contributed by atoms with Gasteiger partial charge in [-0.25, -0.2) is 0 Å². The summed E-state index contributed by atoms with van der Waals surface area (Å²) in [4.78, 5) is 25.6. The normalized spacial score (nSPS) is 11.0. The molecule has 0 spiro atoms. The fraction of sp³-hybridized carbons (Fsp3) is 0.0833. The molecule has 30 heavy (non-hydrogen) atoms. The Labute approximate surface area is 180 Å². The Morgan fingerprint density at radius 3 is 2.37 bits per heavy atom. The van der Waals surface area contributed by atoms with E-state index in [0.717, 1.165) is 11.1 Å². The first-order valence-corrected chi connectivity index (χ1v) is 9.63. The van der Waals surface area contributed by atoms with Gasteiger partial charge in [0.1, 0.15) is 11.4 Å². The third kappa shape index (κ3) is 5.72. The monoisotopic (exact) mass is 420 g/mol. The van der Waals surface area contributed by atoms with Crippen molar-refractivity contribution >= 4 is 35.2 Å². The summed E-state index contributed by atoms with van der Waals surface area (Å²) in [5, 5.41) is 5.95. The van der Waals surface area contributed by atoms with Crippen molar-refractivity contribution < 1.29 is 14.3 Å². The van der Waals surface area contributed by atoms with E-state index in [1.807, 2.05) is 25.1 Å². The maximum atomic E-state index is 12.9. The van der Waals surface area contributed by atoms with Gasteiger partial charge in [-0.2, -0.15) is 0 Å². The summed E-state index contributed by atoms with van der Waals surface area (Å²) in [6.07, 6.45) is 1.60. The highest BCUT2D eigenvalue weighted by Crippen LogP contribution is 2.16. The second kappa shape index (κ2) is 9.76. The first-order valence-electron chi connectivity index (χ1n) is 9.25. The number of anilines is 1. The van der Waals surface area contributed by atoms with Gasteiger partial charge in [0, 0.05) is 16.3 Å². The minimum absolute atomic E-state index is 0.103. The summed E-state index contributed by atoms with van der Waals surface area (Å²) in [6, 6.07) is 21.1. The summed E-state index contributed by atoms with van der Waals surface area (Å²) in [7, 11) is 1.58. The average molecular weight is 421 g/mol. The topological polar surface area (TPSA) is 67.4 Å². The summed E-state index contributed by atoms with van der Waals surface area (Å²) in [5.41, 5.74) is 2.84. The first-order chi connectivity index (χ1) is 14.4. The zero-order valence-electron chi connectivity index (χ0n) is 16.6. The number of hydrogen-bond acceptors (Lipinski definition) is 3. The minimum atomic E-state index is -0.438. The largest absolute Gasteiger partial charge is 0.497 e. The number of halogens is 1. The highest BCUT2D eigenvalue weighted by molar-refractivity contribution is 6.31. The lowest BCUT2D eigenvalue weighted by molar-refractivity contribution is -0.113. The molecule has 0 saturated heterocycles. The molecule has 0 saturated carbocycles. The number of ether oxygens (including phenoxy) is 1. The molecule has 0 aliphatic rings. The Kier molecular flexibility index (Phi) is 6.88. The highest BCUT2D eigenvalue weighted by Gasteiger charge is 2.15. The van der Waals surface area contributed by atoms with Crippen molar-refractivity contribution in [3.8, 4) is 5.75 Å². The minimum Gasteiger partial charge on any atom is -0.497 e. The fourth-order valence-electron chi connectivity index (χ4n) is 2.77. The molecule has 152 valence electrons. The van der Waals surface area contributed by atoms with Gasteiger partial charge in [0.25, 0.3) is 11.8 Å². The average Bonchev–Trinajstić information content (AvgIpc) is 2.73. The highest BCUT2D eigenvalue weighted by atomic mass is 35.5. The number of hydrogen-bond donors (Lipinski definition) is 2. The molecule has 0 aliphatic carbocycles. The van der Waals surface area contributed by atoms with Gasteiger partial charge in [-0.15, -0.1) is 0 Å². The van der Waals surface area contributed by atoms with Crippen LogP contribution in [0.25, 0.3) is 6.08 Å². The van der Waals surface area contributed by atoms with E-state index in [0.29, 0.717) is 22.0 Å². The number of aryl methyl sites for hydroxylation is 1. The number of benzene rings is 3. The van der Waals surface area contributed by atoms with Gasteiger partial charge in [-0.05, 0) is 66.6 Å². The molecule has 5 nitrogen and oxygen atoms in total. The van der Waals surface area contributed by atoms with Crippen LogP contribution >= 0.6 is 11.6 Å². The van der Waals surface area contributed by atoms with Gasteiger partial charge < -0.3 is 15.4 Å². The van der Waals surface area contributed by atoms with Crippen molar-refractivity contribution in [1.29, 1.82) is 0 Å². The Morgan fingerprint density at radius 2 is 1.70 bits per heavy atom. The predicted octanol–water partition coefficient (Wildman–Crippen LogP) is 5.07. The SMILES string of the molecule is COc1ccc(/C=C(/NC(=O)c2cccc(Cl)c2)C(=O)Nc2cccc(C)c2)cc1. The van der Waals surface area contributed by atoms with Gasteiger partial charge in [0.05, 0.1) is 7.11 Å². The molecule has 3 aromatic carbocycles. The Bertz CT molecular complexity index is 1090. The Morgan fingerprint density at radius 1 is 0.967 bits per heavy atom. The summed E-state index contributed by atoms with van der Waals surface area (Å²) in [5.74, 6) is -0.177. The molecule has 3 rings (SSSR count). The lowest BCUT2D eigenvalue weighted by Crippen LogP contribution is -2.30. The van der Waals surface area contributed by atoms with Crippen LogP contribution in [-0.2, 0) is 4.79 Å². The third-order valence-corrected chi connectivity index (χ3v) is 4.52. The number of methoxy groups -OCH3 is 1. The maximum Gasteiger partial charge on any atom is 0.272 e. The molecule has 0 radical (unpaired) electrons. The van der Waals surface area contributed by atoms with Crippen molar-refractivity contribution in [2.24, 2.45) is 0 Å². The van der Waals surface area contributed by atoms with E-state index in [4.69, 9.17) is 16.3 Å². The molecule has 0 aromatic heterocycles. The standard InChI is InChI=1S/C24H21ClN2O3/c1-16-5-3-8-20(13-16)26-24(29)22(14-17-9-11-21(30-2)12-10-17)27-23(28)18-6-4-7-19(25)15-18/h3-15H,1-2H3,(H,26,29)(H,27,28)/b22-14+. The van der Waals surface area contributed by atoms with Crippen LogP contribution in [0.5, 0.6) is 5.75 Å². The Hall–Kier alpha value is -3.57. The van der Waals surface area contributed by atoms with Crippen LogP contribution in [0.4, 0.5) is 5.69 Å². The summed E-state index contributed by atoms with van der Waals surface area (Å²) in [6.45, 7) is 1.94. The van der Waals surface area contributed by atoms with Crippen molar-refractivity contribution in [2.75, 3.05) is 12.4 Å². The number of carbonyl (C=O) groups is 2. The number of rotatable bonds is 6. The molecule has 0 atom stereocenters. The zero-order chi connectivity index (χ0) is 21.5. The Balaban J connectivity index is 1.89. The molecule has 0 fully saturated rings. The number of amides is 2. The van der Waals surface area contributed by atoms with Gasteiger partial charge >= 0.3 is 0 Å². The molecule has 3 aromatic rings. The van der Waals surface area contributed by atoms with E-state index >= 15 is 0 Å². The fourth-order valence-corrected chi connectivity index (χ4v) is 2.96. The van der Waals surface area contributed by atoms with Crippen LogP contribution in [0.15, 0.2) is 78.5 Å². The molecule has 0 heterocycles. The van der Waals surface area contributed by atoms with Crippen molar-refractivity contribution in [3.63, 3.8) is 0 Å². The molecule has 2 N–H and O–H groups in total. The molecule has 0 unspecified atom stereocenters. The molecule has 0 aliphatic heterocycles. The maximum absolute atomic E-state index is 12.9. The molecule has 6 heteroatoms. The van der Waals surface area contributed by atoms with Crippen LogP contribution in [0.2, 0.25) is 5.02 Å². The lowest BCUT2D eigenvalue weighted by atomic mass is 10.1. The van der Waals surface area contributed by atoms with Gasteiger partial charge in [0.15, 0.2) is 0 Å². The van der Waals surface area contributed by atoms with Gasteiger partial charge in [-0.3, -0.25) is 9.59 Å². The predicted molar refractivity (Wildman–Crippen MR) is 120 cm³/mol. The second-order valence-electron chi connectivity index (χ2n) is 6.62. The molecular weight excluding hydrogens is 400 g/mol. The van der Waals surface area contributed by atoms with Crippen LogP contribution in [0.1, 0.15) is 21.5 Å². The summed E-state index contributed by atoms with van der Waals surface area (Å²) < 4.78 is 5.16. The van der Waals surface area contributed by atoms with Crippen LogP contribution in [-0.4, -0.2) is 18.9 Å². The molecule has 0 bridgehead atoms. The van der Waals surface area contributed by atoms with E-state index in [2.05, 4.69) is 10.6 Å². The second-order valence-corrected chi connectivity index (χ2v) is 7.06. The van der Waals surface area contributed by atoms with E-state index in [-0.39, 0.29) is 5.70 Å². The van der Waals surface area contributed by atoms with Crippen LogP contribution < -0.4 is 15.4 Å². The third-order valence-electron chi connectivity index (χ3n) is 4.28. The van der Waals surface area contributed by atoms with E-state index in [9.17, 15) is 9.59 Å². The van der Waals surface area contributed by atoms with Crippen LogP contribution in [0.3, 0.4) is 0 Å². The molecular formula is C24H21ClN2O3. The van der Waals surface area contributed by atoms with Gasteiger partial charge in [0.2, 0.25) is 0 Å². The summed E-state index contributed by atoms with van der Waals surface area (Å²) >= 11 is 5.98. The van der Waals surface area contributed by atoms with E-state index in [1.54, 1.807) is 67.8 Å². The van der Waals surface area contributed by atoms with Crippen molar-refractivity contribution in [1.82, 2.24) is 5.32 Å². The zero-order valence-corrected chi connectivity index (χ0v) is 17.4. The van der Waals surface area contributed by atoms with Crippen LogP contribution in [0, 0.1) is 6.92 Å². The van der Waals surface area contributed by atoms with E-state index in [1.165, 1.54) is 0 Å². The quantitative estimate of drug-likeness (QED) is 0.547. The van der Waals surface area contributed by atoms with Crippen molar-refractivity contribution in [2.45, 2.75) is 6.92 Å². The number of nitrogens with one attached hydrogen (secondary N) is 2. The van der Waals surface area contributed by atoms with E-state index < -0.39 is 11.8 Å². The molecule has 2 amide bonds. The van der Waals surface area contributed by atoms with Gasteiger partial charge in [-0.1, -0.05) is 41.9 Å². The lowest BCUT2D eigenvalue weighted by Gasteiger charge is -2.12. The first kappa shape index (κ1) is 21.1. The number of carbonyl (C=O) groups excluding carboxylic acids is 2. The smallest absolute Gasteiger partial charge is 0.272 e. The van der Waals surface area contributed by atoms with Crippen molar-refractivity contribution in [3.05, 3.63) is 100 Å².